The number of anilines is 1. The fraction of sp³-hybridized carbons (Fsp3) is 0.316. The summed E-state index contributed by atoms with van der Waals surface area (Å²) < 4.78 is 6.19. The molecule has 2 amide bonds. The number of methoxy groups -OCH3 is 1. The van der Waals surface area contributed by atoms with Crippen molar-refractivity contribution in [3.05, 3.63) is 63.7 Å². The standard InChI is InChI=1S/C19H23IN2O2/c1-24-13-6-5-12-22(15-16-8-3-2-4-9-16)19(23)21-18-11-7-10-17(20)14-18/h2-4,7-11,14H,5-6,12-13,15H2,1H3,(H,21,23). The van der Waals surface area contributed by atoms with E-state index in [2.05, 4.69) is 27.9 Å². The fourth-order valence-electron chi connectivity index (χ4n) is 2.37. The molecule has 2 rings (SSSR count). The molecule has 2 aromatic carbocycles. The highest BCUT2D eigenvalue weighted by Crippen LogP contribution is 2.14. The number of benzene rings is 2. The second kappa shape index (κ2) is 10.3. The summed E-state index contributed by atoms with van der Waals surface area (Å²) in [6.45, 7) is 2.02. The molecule has 2 aromatic rings. The van der Waals surface area contributed by atoms with Crippen molar-refractivity contribution in [2.24, 2.45) is 0 Å². The number of nitrogens with one attached hydrogen (secondary N) is 1. The van der Waals surface area contributed by atoms with E-state index in [0.29, 0.717) is 13.1 Å². The van der Waals surface area contributed by atoms with Crippen molar-refractivity contribution >= 4 is 34.3 Å². The fourth-order valence-corrected chi connectivity index (χ4v) is 2.92. The highest BCUT2D eigenvalue weighted by molar-refractivity contribution is 14.1. The molecule has 0 radical (unpaired) electrons. The molecule has 0 saturated heterocycles. The molecule has 0 fully saturated rings. The van der Waals surface area contributed by atoms with Gasteiger partial charge in [0.2, 0.25) is 0 Å². The van der Waals surface area contributed by atoms with Crippen molar-refractivity contribution < 1.29 is 9.53 Å². The van der Waals surface area contributed by atoms with Gasteiger partial charge in [0, 0.05) is 36.1 Å². The molecular formula is C19H23IN2O2. The maximum atomic E-state index is 12.7. The smallest absolute Gasteiger partial charge is 0.322 e. The number of unbranched alkanes of at least 4 members (excludes halogenated alkanes) is 1. The Hall–Kier alpha value is -1.60. The zero-order valence-corrected chi connectivity index (χ0v) is 16.0. The highest BCUT2D eigenvalue weighted by atomic mass is 127. The summed E-state index contributed by atoms with van der Waals surface area (Å²) in [7, 11) is 1.70. The molecule has 128 valence electrons. The van der Waals surface area contributed by atoms with E-state index in [9.17, 15) is 4.79 Å². The van der Waals surface area contributed by atoms with Crippen molar-refractivity contribution in [1.29, 1.82) is 0 Å². The number of ether oxygens (including phenoxy) is 1. The molecule has 0 aliphatic heterocycles. The number of carbonyl (C=O) groups is 1. The van der Waals surface area contributed by atoms with Gasteiger partial charge in [-0.25, -0.2) is 4.79 Å². The van der Waals surface area contributed by atoms with Gasteiger partial charge in [-0.2, -0.15) is 0 Å². The average molecular weight is 438 g/mol. The number of halogens is 1. The lowest BCUT2D eigenvalue weighted by Gasteiger charge is -2.23. The minimum Gasteiger partial charge on any atom is -0.385 e. The number of carbonyl (C=O) groups excluding carboxylic acids is 1. The normalized spacial score (nSPS) is 10.4. The maximum absolute atomic E-state index is 12.7. The number of hydrogen-bond acceptors (Lipinski definition) is 2. The Morgan fingerprint density at radius 1 is 1.12 bits per heavy atom. The molecule has 0 heterocycles. The van der Waals surface area contributed by atoms with Crippen molar-refractivity contribution in [2.75, 3.05) is 25.6 Å². The molecule has 1 N–H and O–H groups in total. The van der Waals surface area contributed by atoms with Gasteiger partial charge in [-0.3, -0.25) is 0 Å². The Kier molecular flexibility index (Phi) is 8.04. The molecule has 4 nitrogen and oxygen atoms in total. The van der Waals surface area contributed by atoms with E-state index in [1.165, 1.54) is 0 Å². The summed E-state index contributed by atoms with van der Waals surface area (Å²) in [5.41, 5.74) is 1.95. The number of nitrogens with zero attached hydrogens (tertiary/aromatic N) is 1. The number of hydrogen-bond donors (Lipinski definition) is 1. The third kappa shape index (κ3) is 6.49. The first-order valence-corrected chi connectivity index (χ1v) is 9.11. The van der Waals surface area contributed by atoms with Gasteiger partial charge in [-0.1, -0.05) is 36.4 Å². The van der Waals surface area contributed by atoms with Crippen LogP contribution in [0.1, 0.15) is 18.4 Å². The summed E-state index contributed by atoms with van der Waals surface area (Å²) in [6, 6.07) is 17.8. The minimum atomic E-state index is -0.0710. The Balaban J connectivity index is 2.01. The maximum Gasteiger partial charge on any atom is 0.322 e. The summed E-state index contributed by atoms with van der Waals surface area (Å²) in [5.74, 6) is 0. The zero-order chi connectivity index (χ0) is 17.2. The van der Waals surface area contributed by atoms with Crippen LogP contribution in [0, 0.1) is 3.57 Å². The van der Waals surface area contributed by atoms with Gasteiger partial charge in [0.05, 0.1) is 0 Å². The van der Waals surface area contributed by atoms with E-state index in [0.717, 1.165) is 34.3 Å². The van der Waals surface area contributed by atoms with E-state index >= 15 is 0 Å². The number of rotatable bonds is 8. The van der Waals surface area contributed by atoms with Crippen LogP contribution in [0.5, 0.6) is 0 Å². The quantitative estimate of drug-likeness (QED) is 0.478. The lowest BCUT2D eigenvalue weighted by Crippen LogP contribution is -2.35. The van der Waals surface area contributed by atoms with Crippen LogP contribution in [0.25, 0.3) is 0 Å². The van der Waals surface area contributed by atoms with Crippen molar-refractivity contribution in [2.45, 2.75) is 19.4 Å². The van der Waals surface area contributed by atoms with Crippen LogP contribution < -0.4 is 5.32 Å². The Bertz CT molecular complexity index is 634. The molecule has 0 bridgehead atoms. The predicted molar refractivity (Wildman–Crippen MR) is 106 cm³/mol. The van der Waals surface area contributed by atoms with Gasteiger partial charge in [0.25, 0.3) is 0 Å². The van der Waals surface area contributed by atoms with Crippen LogP contribution in [0.4, 0.5) is 10.5 Å². The van der Waals surface area contributed by atoms with Gasteiger partial charge >= 0.3 is 6.03 Å². The predicted octanol–water partition coefficient (Wildman–Crippen LogP) is 4.75. The molecule has 0 saturated carbocycles. The SMILES string of the molecule is COCCCCN(Cc1ccccc1)C(=O)Nc1cccc(I)c1. The summed E-state index contributed by atoms with van der Waals surface area (Å²) >= 11 is 2.24. The van der Waals surface area contributed by atoms with Crippen LogP contribution >= 0.6 is 22.6 Å². The molecule has 5 heteroatoms. The Morgan fingerprint density at radius 2 is 1.92 bits per heavy atom. The lowest BCUT2D eigenvalue weighted by molar-refractivity contribution is 0.182. The molecule has 0 spiro atoms. The zero-order valence-electron chi connectivity index (χ0n) is 13.9. The molecule has 0 aliphatic rings. The topological polar surface area (TPSA) is 41.6 Å². The van der Waals surface area contributed by atoms with E-state index in [1.54, 1.807) is 7.11 Å². The van der Waals surface area contributed by atoms with E-state index in [4.69, 9.17) is 4.74 Å². The Labute approximate surface area is 157 Å². The monoisotopic (exact) mass is 438 g/mol. The third-order valence-electron chi connectivity index (χ3n) is 3.61. The van der Waals surface area contributed by atoms with Gasteiger partial charge in [-0.05, 0) is 59.2 Å². The van der Waals surface area contributed by atoms with Crippen molar-refractivity contribution in [3.63, 3.8) is 0 Å². The van der Waals surface area contributed by atoms with Gasteiger partial charge in [0.15, 0.2) is 0 Å². The van der Waals surface area contributed by atoms with Gasteiger partial charge in [-0.15, -0.1) is 0 Å². The van der Waals surface area contributed by atoms with E-state index < -0.39 is 0 Å². The van der Waals surface area contributed by atoms with Crippen molar-refractivity contribution in [3.8, 4) is 0 Å². The second-order valence-corrected chi connectivity index (χ2v) is 6.79. The van der Waals surface area contributed by atoms with Crippen LogP contribution in [-0.2, 0) is 11.3 Å². The van der Waals surface area contributed by atoms with E-state index in [-0.39, 0.29) is 6.03 Å². The second-order valence-electron chi connectivity index (χ2n) is 5.55. The molecule has 24 heavy (non-hydrogen) atoms. The molecular weight excluding hydrogens is 415 g/mol. The van der Waals surface area contributed by atoms with Crippen LogP contribution in [0.15, 0.2) is 54.6 Å². The van der Waals surface area contributed by atoms with Crippen molar-refractivity contribution in [1.82, 2.24) is 4.90 Å². The molecule has 0 aliphatic carbocycles. The van der Waals surface area contributed by atoms with Gasteiger partial charge in [0.1, 0.15) is 0 Å². The first kappa shape index (κ1) is 18.7. The summed E-state index contributed by atoms with van der Waals surface area (Å²) in [4.78, 5) is 14.5. The van der Waals surface area contributed by atoms with Crippen LogP contribution in [0.3, 0.4) is 0 Å². The number of amides is 2. The molecule has 0 aromatic heterocycles. The lowest BCUT2D eigenvalue weighted by atomic mass is 10.2. The highest BCUT2D eigenvalue weighted by Gasteiger charge is 2.14. The Morgan fingerprint density at radius 3 is 2.62 bits per heavy atom. The summed E-state index contributed by atoms with van der Waals surface area (Å²) in [6.07, 6.45) is 1.86. The van der Waals surface area contributed by atoms with Crippen LogP contribution in [0.2, 0.25) is 0 Å². The average Bonchev–Trinajstić information content (AvgIpc) is 2.58. The minimum absolute atomic E-state index is 0.0710. The van der Waals surface area contributed by atoms with Gasteiger partial charge < -0.3 is 15.0 Å². The molecule has 0 unspecified atom stereocenters. The largest absolute Gasteiger partial charge is 0.385 e. The first-order valence-electron chi connectivity index (χ1n) is 8.03. The summed E-state index contributed by atoms with van der Waals surface area (Å²) in [5, 5.41) is 2.99. The first-order chi connectivity index (χ1) is 11.7. The third-order valence-corrected chi connectivity index (χ3v) is 4.28. The number of urea groups is 1. The molecule has 0 atom stereocenters. The van der Waals surface area contributed by atoms with E-state index in [1.807, 2.05) is 59.5 Å². The van der Waals surface area contributed by atoms with Crippen LogP contribution in [-0.4, -0.2) is 31.2 Å².